The van der Waals surface area contributed by atoms with Crippen molar-refractivity contribution in [1.29, 1.82) is 0 Å². The van der Waals surface area contributed by atoms with Crippen LogP contribution >= 0.6 is 0 Å². The molecule has 154 valence electrons. The standard InChI is InChI=1S/C20H23F2N5O2/c1-14(26-15(2)28)3-4-16-5-6-18(23-11-16)29-17-12-24-19(25-13-17)27-9-7-20(21,22)8-10-27/h3-6,11-14H,7-10H2,1-2H3,(H,26,28)/b4-3+/t14-/m0/s1. The summed E-state index contributed by atoms with van der Waals surface area (Å²) in [5, 5.41) is 2.76. The lowest BCUT2D eigenvalue weighted by molar-refractivity contribution is -0.119. The zero-order valence-corrected chi connectivity index (χ0v) is 16.3. The first kappa shape index (κ1) is 20.6. The minimum absolute atomic E-state index is 0.0785. The summed E-state index contributed by atoms with van der Waals surface area (Å²) < 4.78 is 32.1. The number of anilines is 1. The number of hydrogen-bond acceptors (Lipinski definition) is 6. The molecule has 1 saturated heterocycles. The Balaban J connectivity index is 1.55. The molecule has 29 heavy (non-hydrogen) atoms. The number of carbonyl (C=O) groups excluding carboxylic acids is 1. The van der Waals surface area contributed by atoms with E-state index in [9.17, 15) is 13.6 Å². The fourth-order valence-corrected chi connectivity index (χ4v) is 2.85. The van der Waals surface area contributed by atoms with Crippen LogP contribution in [0, 0.1) is 0 Å². The molecular weight excluding hydrogens is 380 g/mol. The Morgan fingerprint density at radius 3 is 2.48 bits per heavy atom. The smallest absolute Gasteiger partial charge is 0.251 e. The zero-order chi connectivity index (χ0) is 20.9. The third-order valence-electron chi connectivity index (χ3n) is 4.38. The lowest BCUT2D eigenvalue weighted by atomic mass is 10.1. The SMILES string of the molecule is CC(=O)N[C@@H](C)/C=C/c1ccc(Oc2cnc(N3CCC(F)(F)CC3)nc2)nc1. The topological polar surface area (TPSA) is 80.2 Å². The first-order chi connectivity index (χ1) is 13.8. The molecule has 2 aromatic rings. The van der Waals surface area contributed by atoms with Crippen molar-refractivity contribution < 1.29 is 18.3 Å². The van der Waals surface area contributed by atoms with E-state index in [1.807, 2.05) is 25.1 Å². The lowest BCUT2D eigenvalue weighted by Gasteiger charge is -2.31. The number of halogens is 2. The predicted octanol–water partition coefficient (Wildman–Crippen LogP) is 3.44. The van der Waals surface area contributed by atoms with Crippen molar-refractivity contribution in [3.05, 3.63) is 42.4 Å². The summed E-state index contributed by atoms with van der Waals surface area (Å²) in [6.45, 7) is 3.80. The van der Waals surface area contributed by atoms with Gasteiger partial charge in [-0.05, 0) is 18.6 Å². The summed E-state index contributed by atoms with van der Waals surface area (Å²) in [4.78, 5) is 25.4. The number of alkyl halides is 2. The Bertz CT molecular complexity index is 846. The van der Waals surface area contributed by atoms with Gasteiger partial charge in [0.2, 0.25) is 17.7 Å². The number of nitrogens with zero attached hydrogens (tertiary/aromatic N) is 4. The maximum absolute atomic E-state index is 13.3. The molecule has 0 radical (unpaired) electrons. The third kappa shape index (κ3) is 6.20. The average Bonchev–Trinajstić information content (AvgIpc) is 2.68. The molecule has 0 aliphatic carbocycles. The second kappa shape index (κ2) is 8.93. The maximum Gasteiger partial charge on any atom is 0.251 e. The number of amides is 1. The van der Waals surface area contributed by atoms with Gasteiger partial charge in [0.25, 0.3) is 5.92 Å². The second-order valence-corrected chi connectivity index (χ2v) is 6.94. The highest BCUT2D eigenvalue weighted by atomic mass is 19.3. The Morgan fingerprint density at radius 1 is 1.21 bits per heavy atom. The fraction of sp³-hybridized carbons (Fsp3) is 0.400. The molecular formula is C20H23F2N5O2. The highest BCUT2D eigenvalue weighted by Crippen LogP contribution is 2.29. The van der Waals surface area contributed by atoms with Gasteiger partial charge >= 0.3 is 0 Å². The van der Waals surface area contributed by atoms with Gasteiger partial charge in [-0.2, -0.15) is 0 Å². The van der Waals surface area contributed by atoms with E-state index < -0.39 is 5.92 Å². The van der Waals surface area contributed by atoms with Gasteiger partial charge < -0.3 is 15.0 Å². The third-order valence-corrected chi connectivity index (χ3v) is 4.38. The largest absolute Gasteiger partial charge is 0.436 e. The van der Waals surface area contributed by atoms with Crippen molar-refractivity contribution in [2.45, 2.75) is 38.7 Å². The van der Waals surface area contributed by atoms with Gasteiger partial charge in [0.15, 0.2) is 5.75 Å². The van der Waals surface area contributed by atoms with Crippen LogP contribution in [0.3, 0.4) is 0 Å². The van der Waals surface area contributed by atoms with E-state index in [0.29, 0.717) is 17.6 Å². The molecule has 1 fully saturated rings. The van der Waals surface area contributed by atoms with E-state index in [0.717, 1.165) is 5.56 Å². The van der Waals surface area contributed by atoms with Crippen LogP contribution in [0.4, 0.5) is 14.7 Å². The number of piperidine rings is 1. The van der Waals surface area contributed by atoms with Crippen molar-refractivity contribution >= 4 is 17.9 Å². The number of pyridine rings is 1. The molecule has 0 spiro atoms. The monoisotopic (exact) mass is 403 g/mol. The first-order valence-corrected chi connectivity index (χ1v) is 9.35. The summed E-state index contributed by atoms with van der Waals surface area (Å²) in [7, 11) is 0. The minimum atomic E-state index is -2.60. The number of rotatable bonds is 6. The van der Waals surface area contributed by atoms with Gasteiger partial charge in [-0.15, -0.1) is 0 Å². The Kier molecular flexibility index (Phi) is 6.36. The molecule has 1 aliphatic heterocycles. The highest BCUT2D eigenvalue weighted by molar-refractivity contribution is 5.73. The van der Waals surface area contributed by atoms with Crippen molar-refractivity contribution in [3.63, 3.8) is 0 Å². The molecule has 1 aliphatic rings. The van der Waals surface area contributed by atoms with Gasteiger partial charge in [0, 0.05) is 51.2 Å². The van der Waals surface area contributed by atoms with Crippen molar-refractivity contribution in [2.75, 3.05) is 18.0 Å². The molecule has 9 heteroatoms. The van der Waals surface area contributed by atoms with E-state index in [1.165, 1.54) is 19.3 Å². The molecule has 1 N–H and O–H groups in total. The molecule has 2 aromatic heterocycles. The predicted molar refractivity (Wildman–Crippen MR) is 105 cm³/mol. The molecule has 3 rings (SSSR count). The summed E-state index contributed by atoms with van der Waals surface area (Å²) in [6, 6.07) is 3.47. The quantitative estimate of drug-likeness (QED) is 0.796. The van der Waals surface area contributed by atoms with Crippen LogP contribution in [0.25, 0.3) is 6.08 Å². The number of hydrogen-bond donors (Lipinski definition) is 1. The van der Waals surface area contributed by atoms with E-state index in [-0.39, 0.29) is 37.9 Å². The van der Waals surface area contributed by atoms with E-state index in [2.05, 4.69) is 20.3 Å². The van der Waals surface area contributed by atoms with Gasteiger partial charge in [-0.3, -0.25) is 4.79 Å². The summed E-state index contributed by atoms with van der Waals surface area (Å²) in [5.74, 6) is -1.49. The summed E-state index contributed by atoms with van der Waals surface area (Å²) in [5.41, 5.74) is 0.864. The molecule has 1 atom stereocenters. The molecule has 1 amide bonds. The van der Waals surface area contributed by atoms with Crippen molar-refractivity contribution in [1.82, 2.24) is 20.3 Å². The molecule has 0 unspecified atom stereocenters. The van der Waals surface area contributed by atoms with Gasteiger partial charge in [-0.1, -0.05) is 12.2 Å². The maximum atomic E-state index is 13.3. The van der Waals surface area contributed by atoms with Crippen LogP contribution in [0.2, 0.25) is 0 Å². The molecule has 3 heterocycles. The van der Waals surface area contributed by atoms with E-state index in [4.69, 9.17) is 4.74 Å². The van der Waals surface area contributed by atoms with Gasteiger partial charge in [0.1, 0.15) is 0 Å². The Hall–Kier alpha value is -3.10. The summed E-state index contributed by atoms with van der Waals surface area (Å²) >= 11 is 0. The van der Waals surface area contributed by atoms with Crippen LogP contribution in [-0.2, 0) is 4.79 Å². The summed E-state index contributed by atoms with van der Waals surface area (Å²) in [6.07, 6.45) is 7.99. The second-order valence-electron chi connectivity index (χ2n) is 6.94. The molecule has 0 aromatic carbocycles. The van der Waals surface area contributed by atoms with Crippen LogP contribution in [-0.4, -0.2) is 45.9 Å². The Labute approximate surface area is 167 Å². The normalized spacial score (nSPS) is 17.2. The Morgan fingerprint density at radius 2 is 1.90 bits per heavy atom. The number of ether oxygens (including phenoxy) is 1. The van der Waals surface area contributed by atoms with Crippen molar-refractivity contribution in [2.24, 2.45) is 0 Å². The lowest BCUT2D eigenvalue weighted by Crippen LogP contribution is -2.40. The number of aromatic nitrogens is 3. The highest BCUT2D eigenvalue weighted by Gasteiger charge is 2.34. The van der Waals surface area contributed by atoms with E-state index >= 15 is 0 Å². The van der Waals surface area contributed by atoms with Crippen LogP contribution < -0.4 is 15.0 Å². The zero-order valence-electron chi connectivity index (χ0n) is 16.3. The van der Waals surface area contributed by atoms with Crippen molar-refractivity contribution in [3.8, 4) is 11.6 Å². The van der Waals surface area contributed by atoms with Crippen LogP contribution in [0.15, 0.2) is 36.8 Å². The van der Waals surface area contributed by atoms with E-state index in [1.54, 1.807) is 17.2 Å². The fourth-order valence-electron chi connectivity index (χ4n) is 2.85. The van der Waals surface area contributed by atoms with Crippen LogP contribution in [0.5, 0.6) is 11.6 Å². The van der Waals surface area contributed by atoms with Gasteiger partial charge in [-0.25, -0.2) is 23.7 Å². The van der Waals surface area contributed by atoms with Crippen LogP contribution in [0.1, 0.15) is 32.3 Å². The van der Waals surface area contributed by atoms with Gasteiger partial charge in [0.05, 0.1) is 12.4 Å². The minimum Gasteiger partial charge on any atom is -0.436 e. The molecule has 0 saturated carbocycles. The molecule has 7 nitrogen and oxygen atoms in total. The average molecular weight is 403 g/mol. The molecule has 0 bridgehead atoms. The first-order valence-electron chi connectivity index (χ1n) is 9.35. The number of carbonyl (C=O) groups is 1. The number of nitrogens with one attached hydrogen (secondary N) is 1.